The summed E-state index contributed by atoms with van der Waals surface area (Å²) in [6.45, 7) is 5.81. The molecule has 4 atom stereocenters. The monoisotopic (exact) mass is 374 g/mol. The van der Waals surface area contributed by atoms with Crippen molar-refractivity contribution in [2.75, 3.05) is 21.3 Å². The molecule has 1 aliphatic carbocycles. The maximum Gasteiger partial charge on any atom is 0.237 e. The van der Waals surface area contributed by atoms with Crippen molar-refractivity contribution >= 4 is 5.78 Å². The Bertz CT molecular complexity index is 760. The predicted molar refractivity (Wildman–Crippen MR) is 100 cm³/mol. The van der Waals surface area contributed by atoms with E-state index in [4.69, 9.17) is 18.9 Å². The van der Waals surface area contributed by atoms with Crippen molar-refractivity contribution in [1.29, 1.82) is 0 Å². The first-order valence-electron chi connectivity index (χ1n) is 8.90. The van der Waals surface area contributed by atoms with Gasteiger partial charge >= 0.3 is 0 Å². The highest BCUT2D eigenvalue weighted by atomic mass is 16.6. The summed E-state index contributed by atoms with van der Waals surface area (Å²) in [4.78, 5) is 12.6. The van der Waals surface area contributed by atoms with Crippen molar-refractivity contribution in [3.05, 3.63) is 42.5 Å². The lowest BCUT2D eigenvalue weighted by molar-refractivity contribution is -0.229. The molecule has 0 saturated carbocycles. The number of hydrogen-bond acceptors (Lipinski definition) is 6. The number of ketones is 1. The highest BCUT2D eigenvalue weighted by Crippen LogP contribution is 2.61. The predicted octanol–water partition coefficient (Wildman–Crippen LogP) is 3.20. The number of carbonyl (C=O) groups is 1. The van der Waals surface area contributed by atoms with Gasteiger partial charge in [0.25, 0.3) is 0 Å². The fourth-order valence-electron chi connectivity index (χ4n) is 4.41. The van der Waals surface area contributed by atoms with Gasteiger partial charge in [-0.05, 0) is 42.5 Å². The van der Waals surface area contributed by atoms with E-state index in [1.807, 2.05) is 6.92 Å². The minimum Gasteiger partial charge on any atom is -0.493 e. The lowest BCUT2D eigenvalue weighted by Gasteiger charge is -2.42. The fraction of sp³-hybridized carbons (Fsp3) is 0.476. The second-order valence-corrected chi connectivity index (χ2v) is 7.05. The quantitative estimate of drug-likeness (QED) is 0.771. The molecule has 2 aliphatic rings. The van der Waals surface area contributed by atoms with E-state index in [0.717, 1.165) is 5.56 Å². The number of ether oxygens (including phenoxy) is 4. The van der Waals surface area contributed by atoms with Crippen molar-refractivity contribution in [2.45, 2.75) is 31.7 Å². The molecule has 0 spiro atoms. The van der Waals surface area contributed by atoms with Crippen LogP contribution in [0.15, 0.2) is 36.9 Å². The molecule has 0 aromatic heterocycles. The highest BCUT2D eigenvalue weighted by molar-refractivity contribution is 5.97. The number of methoxy groups -OCH3 is 3. The maximum absolute atomic E-state index is 12.6. The van der Waals surface area contributed by atoms with Crippen LogP contribution in [0.5, 0.6) is 17.2 Å². The number of aliphatic hydroxyl groups is 1. The zero-order chi connectivity index (χ0) is 19.8. The van der Waals surface area contributed by atoms with Crippen LogP contribution in [0.2, 0.25) is 0 Å². The van der Waals surface area contributed by atoms with Gasteiger partial charge in [-0.2, -0.15) is 0 Å². The molecule has 1 aliphatic heterocycles. The molecule has 0 unspecified atom stereocenters. The summed E-state index contributed by atoms with van der Waals surface area (Å²) in [5.41, 5.74) is -0.0258. The van der Waals surface area contributed by atoms with Gasteiger partial charge in [-0.15, -0.1) is 6.58 Å². The summed E-state index contributed by atoms with van der Waals surface area (Å²) in [7, 11) is 4.62. The van der Waals surface area contributed by atoms with Gasteiger partial charge in [0.15, 0.2) is 11.5 Å². The molecule has 1 heterocycles. The van der Waals surface area contributed by atoms with E-state index in [-0.39, 0.29) is 5.92 Å². The summed E-state index contributed by atoms with van der Waals surface area (Å²) in [6, 6.07) is 3.59. The van der Waals surface area contributed by atoms with Crippen LogP contribution < -0.4 is 14.2 Å². The van der Waals surface area contributed by atoms with E-state index in [2.05, 4.69) is 6.58 Å². The topological polar surface area (TPSA) is 74.2 Å². The third-order valence-corrected chi connectivity index (χ3v) is 5.91. The maximum atomic E-state index is 12.6. The third kappa shape index (κ3) is 2.66. The molecule has 1 saturated heterocycles. The molecule has 1 aromatic rings. The molecule has 0 bridgehead atoms. The number of allylic oxidation sites excluding steroid dienone is 2. The second kappa shape index (κ2) is 7.02. The molecule has 0 amide bonds. The van der Waals surface area contributed by atoms with Crippen LogP contribution in [0.4, 0.5) is 0 Å². The Labute approximate surface area is 159 Å². The minimum absolute atomic E-state index is 0.155. The second-order valence-electron chi connectivity index (χ2n) is 7.05. The van der Waals surface area contributed by atoms with Crippen LogP contribution in [-0.2, 0) is 9.53 Å². The molecule has 0 radical (unpaired) electrons. The number of fused-ring (bicyclic) bond motifs is 1. The van der Waals surface area contributed by atoms with Crippen LogP contribution in [0.3, 0.4) is 0 Å². The van der Waals surface area contributed by atoms with Crippen LogP contribution in [-0.4, -0.2) is 38.0 Å². The lowest BCUT2D eigenvalue weighted by Crippen LogP contribution is -2.54. The van der Waals surface area contributed by atoms with Gasteiger partial charge in [0.2, 0.25) is 17.3 Å². The Balaban J connectivity index is 2.12. The summed E-state index contributed by atoms with van der Waals surface area (Å²) < 4.78 is 22.3. The van der Waals surface area contributed by atoms with Gasteiger partial charge in [-0.25, -0.2) is 0 Å². The molecule has 1 fully saturated rings. The number of benzene rings is 1. The average Bonchev–Trinajstić information content (AvgIpc) is 2.90. The minimum atomic E-state index is -1.89. The Kier molecular flexibility index (Phi) is 5.06. The Hall–Kier alpha value is -2.31. The van der Waals surface area contributed by atoms with Crippen molar-refractivity contribution in [2.24, 2.45) is 11.3 Å². The summed E-state index contributed by atoms with van der Waals surface area (Å²) >= 11 is 0. The van der Waals surface area contributed by atoms with Gasteiger partial charge in [0, 0.05) is 5.41 Å². The Morgan fingerprint density at radius 2 is 1.89 bits per heavy atom. The van der Waals surface area contributed by atoms with Crippen LogP contribution in [0.25, 0.3) is 0 Å². The number of carbonyl (C=O) groups excluding carboxylic acids is 1. The lowest BCUT2D eigenvalue weighted by atomic mass is 9.62. The molecular weight excluding hydrogens is 348 g/mol. The Morgan fingerprint density at radius 1 is 1.26 bits per heavy atom. The third-order valence-electron chi connectivity index (χ3n) is 5.91. The summed E-state index contributed by atoms with van der Waals surface area (Å²) in [5.74, 6) is -1.02. The van der Waals surface area contributed by atoms with Crippen molar-refractivity contribution in [1.82, 2.24) is 0 Å². The standard InChI is InChI=1S/C21H26O6/c1-6-9-20-10-7-8-17(22)21(20,23)27-18(13(20)2)14-11-15(24-3)19(26-5)16(12-14)25-4/h6-8,11-13,18,23H,1,9-10H2,2-5H3/t13-,18-,20-,21-/m0/s1. The van der Waals surface area contributed by atoms with E-state index in [1.165, 1.54) is 13.2 Å². The molecule has 27 heavy (non-hydrogen) atoms. The van der Waals surface area contributed by atoms with E-state index >= 15 is 0 Å². The van der Waals surface area contributed by atoms with Crippen molar-refractivity contribution in [3.8, 4) is 17.2 Å². The molecular formula is C21H26O6. The first-order chi connectivity index (χ1) is 12.9. The van der Waals surface area contributed by atoms with Crippen LogP contribution in [0, 0.1) is 11.3 Å². The van der Waals surface area contributed by atoms with Gasteiger partial charge in [-0.3, -0.25) is 4.79 Å². The zero-order valence-electron chi connectivity index (χ0n) is 16.2. The summed E-state index contributed by atoms with van der Waals surface area (Å²) in [5, 5.41) is 11.3. The smallest absolute Gasteiger partial charge is 0.237 e. The average molecular weight is 374 g/mol. The fourth-order valence-corrected chi connectivity index (χ4v) is 4.41. The summed E-state index contributed by atoms with van der Waals surface area (Å²) in [6.07, 6.45) is 5.40. The SMILES string of the molecule is C=CC[C@@]12CC=CC(=O)[C@]1(O)O[C@H](c1cc(OC)c(OC)c(OC)c1)[C@@H]2C. The van der Waals surface area contributed by atoms with Gasteiger partial charge in [-0.1, -0.05) is 19.1 Å². The van der Waals surface area contributed by atoms with Crippen LogP contribution in [0.1, 0.15) is 31.4 Å². The molecule has 1 N–H and O–H groups in total. The first kappa shape index (κ1) is 19.5. The molecule has 6 heteroatoms. The van der Waals surface area contributed by atoms with Gasteiger partial charge in [0.05, 0.1) is 27.4 Å². The van der Waals surface area contributed by atoms with E-state index in [9.17, 15) is 9.90 Å². The normalized spacial score (nSPS) is 32.1. The van der Waals surface area contributed by atoms with E-state index in [1.54, 1.807) is 38.5 Å². The van der Waals surface area contributed by atoms with E-state index < -0.39 is 23.1 Å². The van der Waals surface area contributed by atoms with Crippen molar-refractivity contribution < 1.29 is 28.8 Å². The number of rotatable bonds is 6. The zero-order valence-corrected chi connectivity index (χ0v) is 16.2. The molecule has 146 valence electrons. The van der Waals surface area contributed by atoms with Gasteiger partial charge < -0.3 is 24.1 Å². The molecule has 1 aromatic carbocycles. The van der Waals surface area contributed by atoms with E-state index in [0.29, 0.717) is 30.1 Å². The number of hydrogen-bond donors (Lipinski definition) is 1. The largest absolute Gasteiger partial charge is 0.493 e. The highest BCUT2D eigenvalue weighted by Gasteiger charge is 2.66. The van der Waals surface area contributed by atoms with Crippen molar-refractivity contribution in [3.63, 3.8) is 0 Å². The first-order valence-corrected chi connectivity index (χ1v) is 8.90. The molecule has 6 nitrogen and oxygen atoms in total. The molecule has 3 rings (SSSR count). The Morgan fingerprint density at radius 3 is 2.41 bits per heavy atom. The van der Waals surface area contributed by atoms with Gasteiger partial charge in [0.1, 0.15) is 0 Å². The van der Waals surface area contributed by atoms with Crippen LogP contribution >= 0.6 is 0 Å².